The van der Waals surface area contributed by atoms with Crippen LogP contribution in [0.4, 0.5) is 0 Å². The van der Waals surface area contributed by atoms with Crippen LogP contribution in [-0.4, -0.2) is 18.0 Å². The SMILES string of the molecule is O=C1c2cccc3cccc(c23)C2=NCC[C@@]12c1ccccc1. The normalized spacial score (nSPS) is 22.1. The van der Waals surface area contributed by atoms with Gasteiger partial charge in [-0.1, -0.05) is 66.7 Å². The van der Waals surface area contributed by atoms with Gasteiger partial charge in [-0.25, -0.2) is 0 Å². The minimum Gasteiger partial charge on any atom is -0.293 e. The van der Waals surface area contributed by atoms with E-state index in [0.29, 0.717) is 6.54 Å². The van der Waals surface area contributed by atoms with Crippen LogP contribution in [0.2, 0.25) is 0 Å². The minimum absolute atomic E-state index is 0.198. The molecule has 1 aliphatic heterocycles. The number of carbonyl (C=O) groups excluding carboxylic acids is 1. The Morgan fingerprint density at radius 2 is 1.57 bits per heavy atom. The van der Waals surface area contributed by atoms with Crippen molar-refractivity contribution in [2.75, 3.05) is 6.54 Å². The van der Waals surface area contributed by atoms with Crippen molar-refractivity contribution in [3.8, 4) is 0 Å². The highest BCUT2D eigenvalue weighted by atomic mass is 16.1. The highest BCUT2D eigenvalue weighted by molar-refractivity contribution is 6.36. The molecule has 0 amide bonds. The van der Waals surface area contributed by atoms with Gasteiger partial charge < -0.3 is 0 Å². The van der Waals surface area contributed by atoms with Crippen molar-refractivity contribution in [1.82, 2.24) is 0 Å². The van der Waals surface area contributed by atoms with Crippen molar-refractivity contribution < 1.29 is 4.79 Å². The molecule has 0 fully saturated rings. The minimum atomic E-state index is -0.607. The molecule has 0 radical (unpaired) electrons. The van der Waals surface area contributed by atoms with Crippen LogP contribution in [-0.2, 0) is 5.41 Å². The molecule has 0 N–H and O–H groups in total. The molecular weight excluding hydrogens is 282 g/mol. The van der Waals surface area contributed by atoms with Crippen LogP contribution in [0.3, 0.4) is 0 Å². The van der Waals surface area contributed by atoms with Crippen molar-refractivity contribution in [1.29, 1.82) is 0 Å². The number of aliphatic imine (C=N–C) groups is 1. The largest absolute Gasteiger partial charge is 0.293 e. The molecule has 0 aromatic heterocycles. The average Bonchev–Trinajstić information content (AvgIpc) is 3.07. The van der Waals surface area contributed by atoms with Crippen LogP contribution >= 0.6 is 0 Å². The zero-order chi connectivity index (χ0) is 15.4. The van der Waals surface area contributed by atoms with Crippen LogP contribution in [0, 0.1) is 0 Å². The molecule has 23 heavy (non-hydrogen) atoms. The summed E-state index contributed by atoms with van der Waals surface area (Å²) in [5.41, 5.74) is 3.37. The molecule has 0 unspecified atom stereocenters. The van der Waals surface area contributed by atoms with E-state index < -0.39 is 5.41 Å². The molecule has 1 aliphatic carbocycles. The molecule has 2 aliphatic rings. The van der Waals surface area contributed by atoms with Crippen LogP contribution < -0.4 is 0 Å². The quantitative estimate of drug-likeness (QED) is 0.663. The van der Waals surface area contributed by atoms with Gasteiger partial charge in [0.25, 0.3) is 0 Å². The molecular formula is C21H15NO. The van der Waals surface area contributed by atoms with E-state index in [-0.39, 0.29) is 5.78 Å². The Kier molecular flexibility index (Phi) is 2.44. The first-order chi connectivity index (χ1) is 11.3. The number of carbonyl (C=O) groups is 1. The van der Waals surface area contributed by atoms with Crippen molar-refractivity contribution in [2.45, 2.75) is 11.8 Å². The summed E-state index contributed by atoms with van der Waals surface area (Å²) in [5, 5.41) is 2.18. The van der Waals surface area contributed by atoms with E-state index in [2.05, 4.69) is 36.4 Å². The second-order valence-corrected chi connectivity index (χ2v) is 6.29. The Balaban J connectivity index is 1.91. The smallest absolute Gasteiger partial charge is 0.180 e. The van der Waals surface area contributed by atoms with Gasteiger partial charge in [0.2, 0.25) is 0 Å². The summed E-state index contributed by atoms with van der Waals surface area (Å²) < 4.78 is 0. The molecule has 0 saturated heterocycles. The third-order valence-electron chi connectivity index (χ3n) is 5.22. The van der Waals surface area contributed by atoms with Gasteiger partial charge in [-0.05, 0) is 17.4 Å². The maximum atomic E-state index is 13.5. The summed E-state index contributed by atoms with van der Waals surface area (Å²) in [5.74, 6) is 0.198. The Hall–Kier alpha value is -2.74. The zero-order valence-corrected chi connectivity index (χ0v) is 12.6. The molecule has 1 heterocycles. The van der Waals surface area contributed by atoms with Gasteiger partial charge >= 0.3 is 0 Å². The summed E-state index contributed by atoms with van der Waals surface area (Å²) in [6, 6.07) is 22.4. The van der Waals surface area contributed by atoms with E-state index in [1.807, 2.05) is 30.3 Å². The maximum Gasteiger partial charge on any atom is 0.180 e. The van der Waals surface area contributed by atoms with E-state index in [9.17, 15) is 4.79 Å². The fourth-order valence-electron chi connectivity index (χ4n) is 4.22. The predicted molar refractivity (Wildman–Crippen MR) is 92.4 cm³/mol. The van der Waals surface area contributed by atoms with Gasteiger partial charge in [-0.2, -0.15) is 0 Å². The van der Waals surface area contributed by atoms with E-state index >= 15 is 0 Å². The maximum absolute atomic E-state index is 13.5. The lowest BCUT2D eigenvalue weighted by Gasteiger charge is -2.35. The summed E-state index contributed by atoms with van der Waals surface area (Å²) in [6.07, 6.45) is 0.760. The summed E-state index contributed by atoms with van der Waals surface area (Å²) in [7, 11) is 0. The third-order valence-corrected chi connectivity index (χ3v) is 5.22. The van der Waals surface area contributed by atoms with E-state index in [1.165, 1.54) is 0 Å². The van der Waals surface area contributed by atoms with Crippen molar-refractivity contribution in [2.24, 2.45) is 4.99 Å². The molecule has 0 bridgehead atoms. The number of Topliss-reactive ketones (excluding diaryl/α,β-unsaturated/α-hetero) is 1. The summed E-state index contributed by atoms with van der Waals surface area (Å²) >= 11 is 0. The number of rotatable bonds is 1. The Morgan fingerprint density at radius 3 is 2.35 bits per heavy atom. The number of ketones is 1. The second-order valence-electron chi connectivity index (χ2n) is 6.29. The third kappa shape index (κ3) is 1.48. The highest BCUT2D eigenvalue weighted by Gasteiger charge is 2.51. The molecule has 3 aromatic carbocycles. The first-order valence-corrected chi connectivity index (χ1v) is 8.00. The monoisotopic (exact) mass is 297 g/mol. The van der Waals surface area contributed by atoms with Crippen molar-refractivity contribution >= 4 is 22.3 Å². The van der Waals surface area contributed by atoms with Crippen molar-refractivity contribution in [3.05, 3.63) is 83.4 Å². The number of hydrogen-bond donors (Lipinski definition) is 0. The van der Waals surface area contributed by atoms with Crippen molar-refractivity contribution in [3.63, 3.8) is 0 Å². The highest BCUT2D eigenvalue weighted by Crippen LogP contribution is 2.45. The summed E-state index contributed by atoms with van der Waals surface area (Å²) in [6.45, 7) is 0.709. The number of nitrogens with zero attached hydrogens (tertiary/aromatic N) is 1. The van der Waals surface area contributed by atoms with Crippen LogP contribution in [0.15, 0.2) is 71.7 Å². The molecule has 2 nitrogen and oxygen atoms in total. The predicted octanol–water partition coefficient (Wildman–Crippen LogP) is 4.17. The fourth-order valence-corrected chi connectivity index (χ4v) is 4.22. The van der Waals surface area contributed by atoms with E-state index in [1.54, 1.807) is 0 Å². The molecule has 5 rings (SSSR count). The molecule has 1 atom stereocenters. The van der Waals surface area contributed by atoms with Crippen LogP contribution in [0.25, 0.3) is 10.8 Å². The van der Waals surface area contributed by atoms with E-state index in [4.69, 9.17) is 4.99 Å². The zero-order valence-electron chi connectivity index (χ0n) is 12.6. The first-order valence-electron chi connectivity index (χ1n) is 8.00. The standard InChI is InChI=1S/C21H15NO/c23-20-17-11-5-7-14-6-4-10-16(18(14)17)19-21(20,12-13-22-19)15-8-2-1-3-9-15/h1-11H,12-13H2/t21-/m0/s1. The van der Waals surface area contributed by atoms with E-state index in [0.717, 1.165) is 39.6 Å². The Labute approximate surface area is 134 Å². The van der Waals surface area contributed by atoms with Gasteiger partial charge in [-0.15, -0.1) is 0 Å². The lowest BCUT2D eigenvalue weighted by atomic mass is 9.64. The summed E-state index contributed by atoms with van der Waals surface area (Å²) in [4.78, 5) is 18.3. The number of hydrogen-bond acceptors (Lipinski definition) is 2. The Bertz CT molecular complexity index is 982. The molecule has 2 heteroatoms. The average molecular weight is 297 g/mol. The fraction of sp³-hybridized carbons (Fsp3) is 0.143. The molecule has 3 aromatic rings. The number of benzene rings is 3. The van der Waals surface area contributed by atoms with Gasteiger partial charge in [0, 0.05) is 23.1 Å². The lowest BCUT2D eigenvalue weighted by molar-refractivity contribution is 0.0929. The van der Waals surface area contributed by atoms with Crippen LogP contribution in [0.5, 0.6) is 0 Å². The van der Waals surface area contributed by atoms with Gasteiger partial charge in [0.05, 0.1) is 5.71 Å². The number of fused-ring (bicyclic) bond motifs is 2. The lowest BCUT2D eigenvalue weighted by Crippen LogP contribution is -2.44. The first kappa shape index (κ1) is 12.8. The molecule has 0 spiro atoms. The van der Waals surface area contributed by atoms with Gasteiger partial charge in [0.15, 0.2) is 5.78 Å². The van der Waals surface area contributed by atoms with Crippen LogP contribution in [0.1, 0.15) is 27.9 Å². The molecule has 110 valence electrons. The topological polar surface area (TPSA) is 29.4 Å². The molecule has 0 saturated carbocycles. The van der Waals surface area contributed by atoms with Gasteiger partial charge in [-0.3, -0.25) is 9.79 Å². The second kappa shape index (κ2) is 4.39. The van der Waals surface area contributed by atoms with Gasteiger partial charge in [0.1, 0.15) is 5.41 Å². The Morgan fingerprint density at radius 1 is 0.826 bits per heavy atom.